The molecule has 0 aliphatic heterocycles. The molecule has 0 saturated heterocycles. The van der Waals surface area contributed by atoms with Crippen molar-refractivity contribution in [3.05, 3.63) is 48.3 Å². The molecule has 3 heteroatoms. The lowest BCUT2D eigenvalue weighted by Gasteiger charge is -2.12. The van der Waals surface area contributed by atoms with Crippen LogP contribution >= 0.6 is 0 Å². The fourth-order valence-corrected chi connectivity index (χ4v) is 1.08. The van der Waals surface area contributed by atoms with Crippen molar-refractivity contribution in [2.24, 2.45) is 0 Å². The molecule has 1 aromatic carbocycles. The second-order valence-corrected chi connectivity index (χ2v) is 2.82. The summed E-state index contributed by atoms with van der Waals surface area (Å²) in [5.74, 6) is -0.710. The highest BCUT2D eigenvalue weighted by Crippen LogP contribution is 2.18. The van der Waals surface area contributed by atoms with Gasteiger partial charge in [-0.2, -0.15) is 0 Å². The molecular weight excluding hydrogens is 183 g/mol. The van der Waals surface area contributed by atoms with Crippen molar-refractivity contribution >= 4 is 5.97 Å². The molecule has 0 bridgehead atoms. The molecule has 1 atom stereocenters. The van der Waals surface area contributed by atoms with Crippen LogP contribution in [-0.4, -0.2) is 5.97 Å². The van der Waals surface area contributed by atoms with E-state index in [-0.39, 0.29) is 11.8 Å². The predicted molar refractivity (Wildman–Crippen MR) is 51.1 cm³/mol. The van der Waals surface area contributed by atoms with Crippen molar-refractivity contribution in [3.63, 3.8) is 0 Å². The van der Waals surface area contributed by atoms with Crippen LogP contribution in [0.1, 0.15) is 18.6 Å². The molecule has 0 radical (unpaired) electrons. The lowest BCUT2D eigenvalue weighted by atomic mass is 10.1. The Hall–Kier alpha value is -1.64. The van der Waals surface area contributed by atoms with Gasteiger partial charge >= 0.3 is 5.97 Å². The molecule has 0 aromatic heterocycles. The summed E-state index contributed by atoms with van der Waals surface area (Å²) in [5, 5.41) is 0. The molecule has 1 aromatic rings. The van der Waals surface area contributed by atoms with Crippen molar-refractivity contribution in [2.75, 3.05) is 0 Å². The van der Waals surface area contributed by atoms with Crippen LogP contribution in [0.25, 0.3) is 0 Å². The normalized spacial score (nSPS) is 11.9. The standard InChI is InChI=1S/C11H11FO2/c1-3-11(14-8(2)13)9-4-6-10(12)7-5-9/h3-7,11H,1H2,2H3. The summed E-state index contributed by atoms with van der Waals surface area (Å²) in [5.41, 5.74) is 0.705. The Bertz CT molecular complexity index is 330. The summed E-state index contributed by atoms with van der Waals surface area (Å²) >= 11 is 0. The van der Waals surface area contributed by atoms with Crippen LogP contribution in [0.2, 0.25) is 0 Å². The van der Waals surface area contributed by atoms with E-state index < -0.39 is 6.10 Å². The molecule has 2 nitrogen and oxygen atoms in total. The maximum atomic E-state index is 12.6. The molecular formula is C11H11FO2. The van der Waals surface area contributed by atoms with E-state index >= 15 is 0 Å². The van der Waals surface area contributed by atoms with Crippen LogP contribution in [0.15, 0.2) is 36.9 Å². The minimum atomic E-state index is -0.506. The van der Waals surface area contributed by atoms with Crippen LogP contribution < -0.4 is 0 Å². The average molecular weight is 194 g/mol. The van der Waals surface area contributed by atoms with E-state index in [4.69, 9.17) is 4.74 Å². The summed E-state index contributed by atoms with van der Waals surface area (Å²) in [6, 6.07) is 5.75. The van der Waals surface area contributed by atoms with E-state index in [0.717, 1.165) is 0 Å². The van der Waals surface area contributed by atoms with Gasteiger partial charge < -0.3 is 4.74 Å². The van der Waals surface area contributed by atoms with Crippen LogP contribution in [0.3, 0.4) is 0 Å². The number of halogens is 1. The van der Waals surface area contributed by atoms with Gasteiger partial charge in [0.1, 0.15) is 11.9 Å². The zero-order valence-electron chi connectivity index (χ0n) is 7.87. The molecule has 0 saturated carbocycles. The highest BCUT2D eigenvalue weighted by Gasteiger charge is 2.09. The number of benzene rings is 1. The maximum Gasteiger partial charge on any atom is 0.303 e. The summed E-state index contributed by atoms with van der Waals surface area (Å²) in [7, 11) is 0. The van der Waals surface area contributed by atoms with Crippen LogP contribution in [-0.2, 0) is 9.53 Å². The number of hydrogen-bond acceptors (Lipinski definition) is 2. The molecule has 0 spiro atoms. The molecule has 74 valence electrons. The minimum absolute atomic E-state index is 0.320. The third kappa shape index (κ3) is 2.69. The SMILES string of the molecule is C=CC(OC(C)=O)c1ccc(F)cc1. The fourth-order valence-electron chi connectivity index (χ4n) is 1.08. The van der Waals surface area contributed by atoms with E-state index in [2.05, 4.69) is 6.58 Å². The number of rotatable bonds is 3. The van der Waals surface area contributed by atoms with Crippen molar-refractivity contribution < 1.29 is 13.9 Å². The van der Waals surface area contributed by atoms with E-state index in [1.165, 1.54) is 25.1 Å². The second-order valence-electron chi connectivity index (χ2n) is 2.82. The number of hydrogen-bond donors (Lipinski definition) is 0. The lowest BCUT2D eigenvalue weighted by Crippen LogP contribution is -2.05. The highest BCUT2D eigenvalue weighted by molar-refractivity contribution is 5.66. The Morgan fingerprint density at radius 1 is 1.50 bits per heavy atom. The summed E-state index contributed by atoms with van der Waals surface area (Å²) < 4.78 is 17.5. The Balaban J connectivity index is 2.84. The largest absolute Gasteiger partial charge is 0.453 e. The van der Waals surface area contributed by atoms with Gasteiger partial charge in [-0.25, -0.2) is 4.39 Å². The Morgan fingerprint density at radius 3 is 2.50 bits per heavy atom. The molecule has 1 rings (SSSR count). The Labute approximate surface area is 82.0 Å². The first-order chi connectivity index (χ1) is 6.63. The first kappa shape index (κ1) is 10.4. The summed E-state index contributed by atoms with van der Waals surface area (Å²) in [6.07, 6.45) is 0.988. The Kier molecular flexibility index (Phi) is 3.40. The quantitative estimate of drug-likeness (QED) is 0.546. The van der Waals surface area contributed by atoms with E-state index in [1.54, 1.807) is 12.1 Å². The topological polar surface area (TPSA) is 26.3 Å². The van der Waals surface area contributed by atoms with Crippen molar-refractivity contribution in [2.45, 2.75) is 13.0 Å². The second kappa shape index (κ2) is 4.56. The third-order valence-corrected chi connectivity index (χ3v) is 1.71. The first-order valence-electron chi connectivity index (χ1n) is 4.18. The fraction of sp³-hybridized carbons (Fsp3) is 0.182. The van der Waals surface area contributed by atoms with E-state index in [1.807, 2.05) is 0 Å². The van der Waals surface area contributed by atoms with Crippen LogP contribution in [0.5, 0.6) is 0 Å². The zero-order chi connectivity index (χ0) is 10.6. The molecule has 0 fully saturated rings. The van der Waals surface area contributed by atoms with Crippen molar-refractivity contribution in [1.82, 2.24) is 0 Å². The van der Waals surface area contributed by atoms with Gasteiger partial charge in [-0.1, -0.05) is 18.7 Å². The van der Waals surface area contributed by atoms with Crippen molar-refractivity contribution in [3.8, 4) is 0 Å². The smallest absolute Gasteiger partial charge is 0.303 e. The summed E-state index contributed by atoms with van der Waals surface area (Å²) in [6.45, 7) is 4.86. The molecule has 0 aliphatic carbocycles. The van der Waals surface area contributed by atoms with Crippen molar-refractivity contribution in [1.29, 1.82) is 0 Å². The van der Waals surface area contributed by atoms with Gasteiger partial charge in [-0.15, -0.1) is 0 Å². The molecule has 0 N–H and O–H groups in total. The van der Waals surface area contributed by atoms with Gasteiger partial charge in [0.25, 0.3) is 0 Å². The van der Waals surface area contributed by atoms with Crippen LogP contribution in [0.4, 0.5) is 4.39 Å². The molecule has 1 unspecified atom stereocenters. The first-order valence-corrected chi connectivity index (χ1v) is 4.18. The number of carbonyl (C=O) groups is 1. The number of esters is 1. The molecule has 0 amide bonds. The van der Waals surface area contributed by atoms with E-state index in [9.17, 15) is 9.18 Å². The molecule has 0 heterocycles. The number of ether oxygens (including phenoxy) is 1. The lowest BCUT2D eigenvalue weighted by molar-refractivity contribution is -0.144. The summed E-state index contributed by atoms with van der Waals surface area (Å²) in [4.78, 5) is 10.7. The van der Waals surface area contributed by atoms with E-state index in [0.29, 0.717) is 5.56 Å². The number of carbonyl (C=O) groups excluding carboxylic acids is 1. The van der Waals surface area contributed by atoms with Gasteiger partial charge in [-0.05, 0) is 23.8 Å². The molecule has 0 aliphatic rings. The third-order valence-electron chi connectivity index (χ3n) is 1.71. The molecule has 14 heavy (non-hydrogen) atoms. The maximum absolute atomic E-state index is 12.6. The van der Waals surface area contributed by atoms with Crippen LogP contribution in [0, 0.1) is 5.82 Å². The van der Waals surface area contributed by atoms with Gasteiger partial charge in [0.15, 0.2) is 0 Å². The van der Waals surface area contributed by atoms with Gasteiger partial charge in [-0.3, -0.25) is 4.79 Å². The zero-order valence-corrected chi connectivity index (χ0v) is 7.87. The Morgan fingerprint density at radius 2 is 2.07 bits per heavy atom. The van der Waals surface area contributed by atoms with Gasteiger partial charge in [0.05, 0.1) is 0 Å². The monoisotopic (exact) mass is 194 g/mol. The predicted octanol–water partition coefficient (Wildman–Crippen LogP) is 2.62. The van der Waals surface area contributed by atoms with Gasteiger partial charge in [0.2, 0.25) is 0 Å². The minimum Gasteiger partial charge on any atom is -0.453 e. The van der Waals surface area contributed by atoms with Gasteiger partial charge in [0, 0.05) is 6.92 Å². The highest BCUT2D eigenvalue weighted by atomic mass is 19.1. The average Bonchev–Trinajstić information content (AvgIpc) is 2.15.